The Morgan fingerprint density at radius 1 is 1.54 bits per heavy atom. The zero-order chi connectivity index (χ0) is 9.68. The van der Waals surface area contributed by atoms with Gasteiger partial charge in [0.05, 0.1) is 13.2 Å². The van der Waals surface area contributed by atoms with Gasteiger partial charge in [0.1, 0.15) is 11.6 Å². The van der Waals surface area contributed by atoms with Gasteiger partial charge in [-0.15, -0.1) is 0 Å². The minimum Gasteiger partial charge on any atom is -0.496 e. The molecule has 0 saturated carbocycles. The van der Waals surface area contributed by atoms with E-state index in [2.05, 4.69) is 0 Å². The highest BCUT2D eigenvalue weighted by Crippen LogP contribution is 2.20. The number of halogens is 1. The second kappa shape index (κ2) is 4.46. The van der Waals surface area contributed by atoms with Crippen molar-refractivity contribution in [2.24, 2.45) is 0 Å². The Morgan fingerprint density at radius 2 is 2.31 bits per heavy atom. The highest BCUT2D eigenvalue weighted by atomic mass is 19.1. The molecule has 0 amide bonds. The molecule has 0 spiro atoms. The SMILES string of the molecule is COc1cc(F)ccc1CCC#N. The van der Waals surface area contributed by atoms with E-state index in [1.165, 1.54) is 19.2 Å². The van der Waals surface area contributed by atoms with Gasteiger partial charge in [0, 0.05) is 12.5 Å². The van der Waals surface area contributed by atoms with Crippen molar-refractivity contribution in [3.05, 3.63) is 29.6 Å². The van der Waals surface area contributed by atoms with Gasteiger partial charge in [-0.1, -0.05) is 6.07 Å². The molecule has 0 aliphatic carbocycles. The third-order valence-corrected chi connectivity index (χ3v) is 1.76. The van der Waals surface area contributed by atoms with Gasteiger partial charge in [-0.2, -0.15) is 5.26 Å². The predicted octanol–water partition coefficient (Wildman–Crippen LogP) is 2.29. The molecule has 0 atom stereocenters. The lowest BCUT2D eigenvalue weighted by molar-refractivity contribution is 0.406. The monoisotopic (exact) mass is 179 g/mol. The van der Waals surface area contributed by atoms with Gasteiger partial charge in [-0.3, -0.25) is 0 Å². The maximum atomic E-state index is 12.7. The fourth-order valence-corrected chi connectivity index (χ4v) is 1.12. The van der Waals surface area contributed by atoms with Crippen LogP contribution in [0.5, 0.6) is 5.75 Å². The first kappa shape index (κ1) is 9.53. The molecule has 0 heterocycles. The zero-order valence-electron chi connectivity index (χ0n) is 7.38. The maximum Gasteiger partial charge on any atom is 0.126 e. The van der Waals surface area contributed by atoms with Crippen molar-refractivity contribution < 1.29 is 9.13 Å². The standard InChI is InChI=1S/C10H10FNO/c1-13-10-7-9(11)5-4-8(10)3-2-6-12/h4-5,7H,2-3H2,1H3. The molecule has 0 bridgehead atoms. The number of nitrogens with zero attached hydrogens (tertiary/aromatic N) is 1. The quantitative estimate of drug-likeness (QED) is 0.713. The van der Waals surface area contributed by atoms with Crippen LogP contribution in [0.1, 0.15) is 12.0 Å². The van der Waals surface area contributed by atoms with Crippen LogP contribution < -0.4 is 4.74 Å². The molecule has 0 radical (unpaired) electrons. The van der Waals surface area contributed by atoms with Crippen LogP contribution in [0.3, 0.4) is 0 Å². The molecular weight excluding hydrogens is 169 g/mol. The fourth-order valence-electron chi connectivity index (χ4n) is 1.12. The summed E-state index contributed by atoms with van der Waals surface area (Å²) >= 11 is 0. The number of aryl methyl sites for hydroxylation is 1. The molecule has 68 valence electrons. The van der Waals surface area contributed by atoms with Crippen molar-refractivity contribution in [2.45, 2.75) is 12.8 Å². The van der Waals surface area contributed by atoms with Crippen molar-refractivity contribution in [1.82, 2.24) is 0 Å². The number of rotatable bonds is 3. The van der Waals surface area contributed by atoms with Crippen LogP contribution in [-0.2, 0) is 6.42 Å². The van der Waals surface area contributed by atoms with E-state index >= 15 is 0 Å². The van der Waals surface area contributed by atoms with E-state index in [1.54, 1.807) is 6.07 Å². The van der Waals surface area contributed by atoms with E-state index < -0.39 is 0 Å². The minimum atomic E-state index is -0.322. The maximum absolute atomic E-state index is 12.7. The summed E-state index contributed by atoms with van der Waals surface area (Å²) in [5.74, 6) is 0.188. The lowest BCUT2D eigenvalue weighted by Crippen LogP contribution is -1.92. The number of ether oxygens (including phenoxy) is 1. The predicted molar refractivity (Wildman–Crippen MR) is 46.9 cm³/mol. The summed E-state index contributed by atoms with van der Waals surface area (Å²) in [6.07, 6.45) is 1.02. The summed E-state index contributed by atoms with van der Waals surface area (Å²) in [6.45, 7) is 0. The van der Waals surface area contributed by atoms with E-state index in [4.69, 9.17) is 10.00 Å². The number of methoxy groups -OCH3 is 1. The molecule has 0 aliphatic heterocycles. The molecule has 1 aromatic carbocycles. The van der Waals surface area contributed by atoms with Gasteiger partial charge in [0.2, 0.25) is 0 Å². The van der Waals surface area contributed by atoms with Gasteiger partial charge < -0.3 is 4.74 Å². The highest BCUT2D eigenvalue weighted by Gasteiger charge is 2.03. The molecule has 0 saturated heterocycles. The Balaban J connectivity index is 2.87. The van der Waals surface area contributed by atoms with E-state index in [0.717, 1.165) is 5.56 Å². The van der Waals surface area contributed by atoms with Crippen molar-refractivity contribution in [2.75, 3.05) is 7.11 Å². The second-order valence-corrected chi connectivity index (χ2v) is 2.61. The topological polar surface area (TPSA) is 33.0 Å². The molecule has 3 heteroatoms. The Labute approximate surface area is 76.6 Å². The van der Waals surface area contributed by atoms with Crippen molar-refractivity contribution in [3.63, 3.8) is 0 Å². The third-order valence-electron chi connectivity index (χ3n) is 1.76. The van der Waals surface area contributed by atoms with Crippen LogP contribution >= 0.6 is 0 Å². The van der Waals surface area contributed by atoms with E-state index in [0.29, 0.717) is 18.6 Å². The molecular formula is C10H10FNO. The molecule has 0 unspecified atom stereocenters. The zero-order valence-corrected chi connectivity index (χ0v) is 7.38. The molecule has 0 aromatic heterocycles. The summed E-state index contributed by atoms with van der Waals surface area (Å²) in [5, 5.41) is 8.38. The average Bonchev–Trinajstić information content (AvgIpc) is 2.16. The Bertz CT molecular complexity index is 330. The second-order valence-electron chi connectivity index (χ2n) is 2.61. The summed E-state index contributed by atoms with van der Waals surface area (Å²) in [7, 11) is 1.49. The van der Waals surface area contributed by atoms with E-state index in [9.17, 15) is 4.39 Å². The molecule has 0 fully saturated rings. The van der Waals surface area contributed by atoms with Crippen LogP contribution in [0.15, 0.2) is 18.2 Å². The summed E-state index contributed by atoms with van der Waals surface area (Å²) in [4.78, 5) is 0. The van der Waals surface area contributed by atoms with Crippen LogP contribution in [0.2, 0.25) is 0 Å². The lowest BCUT2D eigenvalue weighted by Gasteiger charge is -2.05. The first-order chi connectivity index (χ1) is 6.27. The fraction of sp³-hybridized carbons (Fsp3) is 0.300. The van der Waals surface area contributed by atoms with Gasteiger partial charge in [0.25, 0.3) is 0 Å². The normalized spacial score (nSPS) is 9.31. The average molecular weight is 179 g/mol. The van der Waals surface area contributed by atoms with Crippen LogP contribution in [0, 0.1) is 17.1 Å². The first-order valence-corrected chi connectivity index (χ1v) is 3.97. The minimum absolute atomic E-state index is 0.322. The van der Waals surface area contributed by atoms with Gasteiger partial charge in [-0.25, -0.2) is 4.39 Å². The Hall–Kier alpha value is -1.56. The molecule has 13 heavy (non-hydrogen) atoms. The molecule has 0 aliphatic rings. The van der Waals surface area contributed by atoms with Gasteiger partial charge in [-0.05, 0) is 18.1 Å². The molecule has 0 N–H and O–H groups in total. The largest absolute Gasteiger partial charge is 0.496 e. The van der Waals surface area contributed by atoms with Crippen LogP contribution in [-0.4, -0.2) is 7.11 Å². The van der Waals surface area contributed by atoms with Crippen LogP contribution in [0.4, 0.5) is 4.39 Å². The highest BCUT2D eigenvalue weighted by molar-refractivity contribution is 5.34. The van der Waals surface area contributed by atoms with Crippen molar-refractivity contribution in [1.29, 1.82) is 5.26 Å². The van der Waals surface area contributed by atoms with Gasteiger partial charge in [0.15, 0.2) is 0 Å². The number of hydrogen-bond acceptors (Lipinski definition) is 2. The summed E-state index contributed by atoms with van der Waals surface area (Å²) < 4.78 is 17.7. The van der Waals surface area contributed by atoms with E-state index in [1.807, 2.05) is 6.07 Å². The lowest BCUT2D eigenvalue weighted by atomic mass is 10.1. The van der Waals surface area contributed by atoms with Crippen molar-refractivity contribution in [3.8, 4) is 11.8 Å². The third kappa shape index (κ3) is 2.45. The smallest absolute Gasteiger partial charge is 0.126 e. The van der Waals surface area contributed by atoms with Crippen LogP contribution in [0.25, 0.3) is 0 Å². The summed E-state index contributed by atoms with van der Waals surface area (Å²) in [6, 6.07) is 6.37. The Morgan fingerprint density at radius 3 is 2.92 bits per heavy atom. The number of benzene rings is 1. The molecule has 1 rings (SSSR count). The number of nitriles is 1. The number of hydrogen-bond donors (Lipinski definition) is 0. The Kier molecular flexibility index (Phi) is 3.27. The molecule has 1 aromatic rings. The summed E-state index contributed by atoms with van der Waals surface area (Å²) in [5.41, 5.74) is 0.866. The van der Waals surface area contributed by atoms with Crippen molar-refractivity contribution >= 4 is 0 Å². The first-order valence-electron chi connectivity index (χ1n) is 3.97. The van der Waals surface area contributed by atoms with E-state index in [-0.39, 0.29) is 5.82 Å². The van der Waals surface area contributed by atoms with Gasteiger partial charge >= 0.3 is 0 Å². The molecule has 2 nitrogen and oxygen atoms in total.